The van der Waals surface area contributed by atoms with Gasteiger partial charge in [-0.1, -0.05) is 60.7 Å². The van der Waals surface area contributed by atoms with Gasteiger partial charge in [-0.15, -0.1) is 0 Å². The molecule has 0 saturated carbocycles. The predicted molar refractivity (Wildman–Crippen MR) is 134 cm³/mol. The van der Waals surface area contributed by atoms with E-state index in [4.69, 9.17) is 4.74 Å². The van der Waals surface area contributed by atoms with E-state index in [-0.39, 0.29) is 17.9 Å². The van der Waals surface area contributed by atoms with Crippen LogP contribution in [-0.4, -0.2) is 47.8 Å². The first-order valence-electron chi connectivity index (χ1n) is 11.8. The zero-order chi connectivity index (χ0) is 24.2. The van der Waals surface area contributed by atoms with Gasteiger partial charge in [0.15, 0.2) is 0 Å². The maximum absolute atomic E-state index is 13.1. The number of benzene rings is 3. The molecule has 7 heteroatoms. The third-order valence-corrected chi connectivity index (χ3v) is 6.34. The van der Waals surface area contributed by atoms with Crippen LogP contribution in [0.1, 0.15) is 35.6 Å². The second kappa shape index (κ2) is 10.0. The smallest absolute Gasteiger partial charge is 0.246 e. The minimum absolute atomic E-state index is 0.0376. The normalized spacial score (nSPS) is 14.2. The van der Waals surface area contributed by atoms with Crippen LogP contribution < -0.4 is 10.1 Å². The third-order valence-electron chi connectivity index (χ3n) is 6.34. The first-order chi connectivity index (χ1) is 17.1. The predicted octanol–water partition coefficient (Wildman–Crippen LogP) is 4.03. The summed E-state index contributed by atoms with van der Waals surface area (Å²) >= 11 is 0. The van der Waals surface area contributed by atoms with E-state index in [1.54, 1.807) is 0 Å². The number of amides is 2. The number of guanidine groups is 1. The van der Waals surface area contributed by atoms with Gasteiger partial charge in [0.2, 0.25) is 17.8 Å². The third kappa shape index (κ3) is 5.04. The fourth-order valence-corrected chi connectivity index (χ4v) is 4.57. The summed E-state index contributed by atoms with van der Waals surface area (Å²) in [4.78, 5) is 33.0. The number of hydrogen-bond acceptors (Lipinski definition) is 5. The van der Waals surface area contributed by atoms with Gasteiger partial charge in [-0.3, -0.25) is 14.9 Å². The summed E-state index contributed by atoms with van der Waals surface area (Å²) in [6.07, 6.45) is 1.01. The molecule has 3 aromatic rings. The van der Waals surface area contributed by atoms with Crippen LogP contribution in [0.2, 0.25) is 0 Å². The van der Waals surface area contributed by atoms with Crippen molar-refractivity contribution in [3.05, 3.63) is 95.6 Å². The largest absolute Gasteiger partial charge is 0.494 e. The molecule has 0 unspecified atom stereocenters. The Labute approximate surface area is 205 Å². The van der Waals surface area contributed by atoms with Crippen molar-refractivity contribution < 1.29 is 14.3 Å². The van der Waals surface area contributed by atoms with E-state index >= 15 is 0 Å². The van der Waals surface area contributed by atoms with Crippen LogP contribution in [0.4, 0.5) is 5.69 Å². The SMILES string of the molecule is CN(C(=O)CCCOc1ccc2c(c1)CN1CC(=O)NC1=N2)C(c1ccccc1)c1ccccc1. The van der Waals surface area contributed by atoms with E-state index in [9.17, 15) is 9.59 Å². The molecule has 2 amide bonds. The zero-order valence-corrected chi connectivity index (χ0v) is 19.7. The van der Waals surface area contributed by atoms with E-state index in [0.29, 0.717) is 38.5 Å². The molecule has 5 rings (SSSR count). The van der Waals surface area contributed by atoms with Gasteiger partial charge in [0.1, 0.15) is 12.3 Å². The Kier molecular flexibility index (Phi) is 6.48. The fourth-order valence-electron chi connectivity index (χ4n) is 4.57. The van der Waals surface area contributed by atoms with Crippen molar-refractivity contribution >= 4 is 23.5 Å². The number of nitrogens with one attached hydrogen (secondary N) is 1. The maximum atomic E-state index is 13.1. The number of ether oxygens (including phenoxy) is 1. The van der Waals surface area contributed by atoms with E-state index in [0.717, 1.165) is 28.1 Å². The molecule has 0 radical (unpaired) electrons. The second-order valence-corrected chi connectivity index (χ2v) is 8.81. The van der Waals surface area contributed by atoms with Crippen molar-refractivity contribution in [2.45, 2.75) is 25.4 Å². The molecule has 0 aromatic heterocycles. The molecule has 0 bridgehead atoms. The van der Waals surface area contributed by atoms with Gasteiger partial charge < -0.3 is 14.5 Å². The van der Waals surface area contributed by atoms with E-state index < -0.39 is 0 Å². The van der Waals surface area contributed by atoms with Crippen LogP contribution in [0.15, 0.2) is 83.9 Å². The summed E-state index contributed by atoms with van der Waals surface area (Å²) in [5, 5.41) is 2.77. The molecule has 178 valence electrons. The van der Waals surface area contributed by atoms with Crippen molar-refractivity contribution in [2.24, 2.45) is 4.99 Å². The van der Waals surface area contributed by atoms with E-state index in [2.05, 4.69) is 34.6 Å². The monoisotopic (exact) mass is 468 g/mol. The summed E-state index contributed by atoms with van der Waals surface area (Å²) in [7, 11) is 1.87. The number of fused-ring (bicyclic) bond motifs is 2. The van der Waals surface area contributed by atoms with Crippen LogP contribution >= 0.6 is 0 Å². The topological polar surface area (TPSA) is 74.2 Å². The Morgan fingerprint density at radius 1 is 1.03 bits per heavy atom. The quantitative estimate of drug-likeness (QED) is 0.507. The van der Waals surface area contributed by atoms with Gasteiger partial charge in [0.25, 0.3) is 0 Å². The van der Waals surface area contributed by atoms with Crippen molar-refractivity contribution in [2.75, 3.05) is 20.2 Å². The lowest BCUT2D eigenvalue weighted by molar-refractivity contribution is -0.131. The van der Waals surface area contributed by atoms with Crippen molar-refractivity contribution in [1.29, 1.82) is 0 Å². The Bertz CT molecular complexity index is 1200. The number of rotatable bonds is 8. The zero-order valence-electron chi connectivity index (χ0n) is 19.7. The molecule has 0 atom stereocenters. The molecule has 1 fully saturated rings. The maximum Gasteiger partial charge on any atom is 0.246 e. The molecule has 0 aliphatic carbocycles. The van der Waals surface area contributed by atoms with Crippen molar-refractivity contribution in [3.8, 4) is 5.75 Å². The van der Waals surface area contributed by atoms with E-state index in [1.807, 2.05) is 71.4 Å². The second-order valence-electron chi connectivity index (χ2n) is 8.81. The number of aliphatic imine (C=N–C) groups is 1. The van der Waals surface area contributed by atoms with Crippen LogP contribution in [0.25, 0.3) is 0 Å². The summed E-state index contributed by atoms with van der Waals surface area (Å²) in [6.45, 7) is 1.39. The number of carbonyl (C=O) groups excluding carboxylic acids is 2. The highest BCUT2D eigenvalue weighted by Crippen LogP contribution is 2.31. The number of nitrogens with zero attached hydrogens (tertiary/aromatic N) is 3. The molecule has 7 nitrogen and oxygen atoms in total. The molecule has 0 spiro atoms. The average molecular weight is 469 g/mol. The Morgan fingerprint density at radius 2 is 1.71 bits per heavy atom. The highest BCUT2D eigenvalue weighted by molar-refractivity contribution is 6.05. The van der Waals surface area contributed by atoms with Gasteiger partial charge in [-0.05, 0) is 35.7 Å². The first kappa shape index (κ1) is 22.7. The highest BCUT2D eigenvalue weighted by atomic mass is 16.5. The van der Waals surface area contributed by atoms with E-state index in [1.165, 1.54) is 0 Å². The molecular formula is C28H28N4O3. The van der Waals surface area contributed by atoms with Crippen molar-refractivity contribution in [1.82, 2.24) is 15.1 Å². The van der Waals surface area contributed by atoms with Crippen LogP contribution in [0.3, 0.4) is 0 Å². The minimum atomic E-state index is -0.135. The molecule has 1 saturated heterocycles. The van der Waals surface area contributed by atoms with Gasteiger partial charge >= 0.3 is 0 Å². The summed E-state index contributed by atoms with van der Waals surface area (Å²) in [6, 6.07) is 25.8. The average Bonchev–Trinajstić information content (AvgIpc) is 3.25. The molecule has 35 heavy (non-hydrogen) atoms. The lowest BCUT2D eigenvalue weighted by Crippen LogP contribution is -2.32. The van der Waals surface area contributed by atoms with Gasteiger partial charge in [-0.25, -0.2) is 4.99 Å². The Hall–Kier alpha value is -4.13. The van der Waals surface area contributed by atoms with Gasteiger partial charge in [-0.2, -0.15) is 0 Å². The van der Waals surface area contributed by atoms with Gasteiger partial charge in [0, 0.05) is 25.6 Å². The minimum Gasteiger partial charge on any atom is -0.494 e. The number of hydrogen-bond donors (Lipinski definition) is 1. The Morgan fingerprint density at radius 3 is 2.40 bits per heavy atom. The van der Waals surface area contributed by atoms with Crippen LogP contribution in [0.5, 0.6) is 5.75 Å². The lowest BCUT2D eigenvalue weighted by atomic mass is 9.97. The molecular weight excluding hydrogens is 440 g/mol. The first-order valence-corrected chi connectivity index (χ1v) is 11.8. The molecule has 2 heterocycles. The summed E-state index contributed by atoms with van der Waals surface area (Å²) in [5.74, 6) is 1.39. The standard InChI is InChI=1S/C28H28N4O3/c1-31(27(20-9-4-2-5-10-20)21-11-6-3-7-12-21)26(34)13-8-16-35-23-14-15-24-22(17-23)18-32-19-25(33)30-28(32)29-24/h2-7,9-12,14-15,17,27H,8,13,16,18-19H2,1H3,(H,29,30,33). The summed E-state index contributed by atoms with van der Waals surface area (Å²) < 4.78 is 5.94. The lowest BCUT2D eigenvalue weighted by Gasteiger charge is -2.29. The fraction of sp³-hybridized carbons (Fsp3) is 0.250. The molecule has 1 N–H and O–H groups in total. The Balaban J connectivity index is 1.17. The highest BCUT2D eigenvalue weighted by Gasteiger charge is 2.29. The molecule has 2 aliphatic rings. The van der Waals surface area contributed by atoms with Crippen molar-refractivity contribution in [3.63, 3.8) is 0 Å². The molecule has 3 aromatic carbocycles. The molecule has 2 aliphatic heterocycles. The summed E-state index contributed by atoms with van der Waals surface area (Å²) in [5.41, 5.74) is 4.03. The van der Waals surface area contributed by atoms with Crippen LogP contribution in [-0.2, 0) is 16.1 Å². The van der Waals surface area contributed by atoms with Gasteiger partial charge in [0.05, 0.1) is 18.3 Å². The number of carbonyl (C=O) groups is 2. The van der Waals surface area contributed by atoms with Crippen LogP contribution in [0, 0.1) is 0 Å².